The van der Waals surface area contributed by atoms with Crippen LogP contribution in [0, 0.1) is 5.82 Å². The SMILES string of the molecule is COc1ccc(C2CCCC2O)c(F)c1. The van der Waals surface area contributed by atoms with Gasteiger partial charge in [0.1, 0.15) is 11.6 Å². The van der Waals surface area contributed by atoms with Crippen LogP contribution in [0.2, 0.25) is 0 Å². The molecule has 1 fully saturated rings. The molecule has 1 saturated carbocycles. The zero-order valence-corrected chi connectivity index (χ0v) is 8.74. The van der Waals surface area contributed by atoms with Crippen LogP contribution in [-0.4, -0.2) is 18.3 Å². The van der Waals surface area contributed by atoms with E-state index in [1.165, 1.54) is 13.2 Å². The van der Waals surface area contributed by atoms with E-state index in [1.807, 2.05) is 0 Å². The number of hydrogen-bond acceptors (Lipinski definition) is 2. The summed E-state index contributed by atoms with van der Waals surface area (Å²) in [6.45, 7) is 0. The maximum Gasteiger partial charge on any atom is 0.130 e. The molecule has 1 aliphatic carbocycles. The van der Waals surface area contributed by atoms with Crippen molar-refractivity contribution in [2.45, 2.75) is 31.3 Å². The highest BCUT2D eigenvalue weighted by molar-refractivity contribution is 5.32. The number of halogens is 1. The van der Waals surface area contributed by atoms with Crippen LogP contribution in [0.5, 0.6) is 5.75 Å². The quantitative estimate of drug-likeness (QED) is 0.812. The van der Waals surface area contributed by atoms with E-state index >= 15 is 0 Å². The lowest BCUT2D eigenvalue weighted by Crippen LogP contribution is -2.12. The van der Waals surface area contributed by atoms with Gasteiger partial charge in [-0.3, -0.25) is 0 Å². The van der Waals surface area contributed by atoms with Crippen molar-refractivity contribution in [2.24, 2.45) is 0 Å². The van der Waals surface area contributed by atoms with Gasteiger partial charge in [-0.2, -0.15) is 0 Å². The predicted octanol–water partition coefficient (Wildman–Crippen LogP) is 2.46. The minimum absolute atomic E-state index is 0.0455. The molecule has 0 radical (unpaired) electrons. The molecular formula is C12H15FO2. The number of benzene rings is 1. The van der Waals surface area contributed by atoms with E-state index in [4.69, 9.17) is 4.74 Å². The Morgan fingerprint density at radius 1 is 1.40 bits per heavy atom. The average molecular weight is 210 g/mol. The largest absolute Gasteiger partial charge is 0.497 e. The lowest BCUT2D eigenvalue weighted by atomic mass is 9.95. The topological polar surface area (TPSA) is 29.5 Å². The van der Waals surface area contributed by atoms with Gasteiger partial charge in [-0.05, 0) is 24.5 Å². The van der Waals surface area contributed by atoms with E-state index in [0.29, 0.717) is 11.3 Å². The van der Waals surface area contributed by atoms with E-state index in [-0.39, 0.29) is 11.7 Å². The number of aliphatic hydroxyl groups is 1. The molecule has 2 atom stereocenters. The van der Waals surface area contributed by atoms with Crippen molar-refractivity contribution in [3.63, 3.8) is 0 Å². The molecule has 3 heteroatoms. The first-order valence-electron chi connectivity index (χ1n) is 5.24. The van der Waals surface area contributed by atoms with Crippen molar-refractivity contribution >= 4 is 0 Å². The van der Waals surface area contributed by atoms with Gasteiger partial charge in [0.15, 0.2) is 0 Å². The van der Waals surface area contributed by atoms with Crippen LogP contribution in [0.25, 0.3) is 0 Å². The fourth-order valence-electron chi connectivity index (χ4n) is 2.24. The third kappa shape index (κ3) is 1.97. The molecular weight excluding hydrogens is 195 g/mol. The molecule has 0 spiro atoms. The summed E-state index contributed by atoms with van der Waals surface area (Å²) in [6, 6.07) is 4.83. The summed E-state index contributed by atoms with van der Waals surface area (Å²) in [5.74, 6) is 0.194. The molecule has 0 bridgehead atoms. The lowest BCUT2D eigenvalue weighted by Gasteiger charge is -2.15. The Hall–Kier alpha value is -1.09. The molecule has 0 aliphatic heterocycles. The van der Waals surface area contributed by atoms with Crippen LogP contribution in [0.3, 0.4) is 0 Å². The first kappa shape index (κ1) is 10.4. The van der Waals surface area contributed by atoms with Gasteiger partial charge in [0.05, 0.1) is 13.2 Å². The minimum atomic E-state index is -0.395. The monoisotopic (exact) mass is 210 g/mol. The number of hydrogen-bond donors (Lipinski definition) is 1. The molecule has 1 N–H and O–H groups in total. The van der Waals surface area contributed by atoms with Gasteiger partial charge < -0.3 is 9.84 Å². The highest BCUT2D eigenvalue weighted by Crippen LogP contribution is 2.36. The fourth-order valence-corrected chi connectivity index (χ4v) is 2.24. The van der Waals surface area contributed by atoms with Crippen molar-refractivity contribution in [1.82, 2.24) is 0 Å². The van der Waals surface area contributed by atoms with E-state index in [0.717, 1.165) is 19.3 Å². The fraction of sp³-hybridized carbons (Fsp3) is 0.500. The Labute approximate surface area is 88.7 Å². The van der Waals surface area contributed by atoms with E-state index in [2.05, 4.69) is 0 Å². The normalized spacial score (nSPS) is 25.5. The van der Waals surface area contributed by atoms with Crippen molar-refractivity contribution in [2.75, 3.05) is 7.11 Å². The van der Waals surface area contributed by atoms with Crippen LogP contribution in [0.1, 0.15) is 30.7 Å². The summed E-state index contributed by atoms with van der Waals surface area (Å²) in [4.78, 5) is 0. The molecule has 2 nitrogen and oxygen atoms in total. The maximum atomic E-state index is 13.7. The number of rotatable bonds is 2. The molecule has 1 aromatic rings. The number of ether oxygens (including phenoxy) is 1. The van der Waals surface area contributed by atoms with Crippen LogP contribution < -0.4 is 4.74 Å². The first-order chi connectivity index (χ1) is 7.22. The van der Waals surface area contributed by atoms with Crippen LogP contribution in [-0.2, 0) is 0 Å². The third-order valence-electron chi connectivity index (χ3n) is 3.09. The van der Waals surface area contributed by atoms with Crippen LogP contribution in [0.15, 0.2) is 18.2 Å². The highest BCUT2D eigenvalue weighted by Gasteiger charge is 2.28. The van der Waals surface area contributed by atoms with Crippen molar-refractivity contribution in [1.29, 1.82) is 0 Å². The molecule has 1 aromatic carbocycles. The van der Waals surface area contributed by atoms with E-state index in [9.17, 15) is 9.50 Å². The molecule has 0 amide bonds. The van der Waals surface area contributed by atoms with Crippen LogP contribution >= 0.6 is 0 Å². The zero-order chi connectivity index (χ0) is 10.8. The Bertz CT molecular complexity index is 351. The summed E-state index contributed by atoms with van der Waals surface area (Å²) in [6.07, 6.45) is 2.21. The van der Waals surface area contributed by atoms with Gasteiger partial charge >= 0.3 is 0 Å². The average Bonchev–Trinajstić information content (AvgIpc) is 2.64. The summed E-state index contributed by atoms with van der Waals surface area (Å²) in [7, 11) is 1.51. The second-order valence-corrected chi connectivity index (χ2v) is 3.99. The van der Waals surface area contributed by atoms with E-state index in [1.54, 1.807) is 12.1 Å². The Morgan fingerprint density at radius 3 is 2.73 bits per heavy atom. The second kappa shape index (κ2) is 4.19. The summed E-state index contributed by atoms with van der Waals surface area (Å²) in [5, 5.41) is 9.70. The Morgan fingerprint density at radius 2 is 2.20 bits per heavy atom. The van der Waals surface area contributed by atoms with Gasteiger partial charge in [0.25, 0.3) is 0 Å². The van der Waals surface area contributed by atoms with E-state index < -0.39 is 6.10 Å². The molecule has 0 saturated heterocycles. The van der Waals surface area contributed by atoms with Gasteiger partial charge in [-0.1, -0.05) is 12.5 Å². The van der Waals surface area contributed by atoms with Crippen molar-refractivity contribution in [3.8, 4) is 5.75 Å². The predicted molar refractivity (Wildman–Crippen MR) is 55.6 cm³/mol. The van der Waals surface area contributed by atoms with Gasteiger partial charge in [0.2, 0.25) is 0 Å². The lowest BCUT2D eigenvalue weighted by molar-refractivity contribution is 0.162. The highest BCUT2D eigenvalue weighted by atomic mass is 19.1. The molecule has 1 aliphatic rings. The summed E-state index contributed by atoms with van der Waals surface area (Å²) >= 11 is 0. The van der Waals surface area contributed by atoms with Crippen molar-refractivity contribution < 1.29 is 14.2 Å². The Balaban J connectivity index is 2.28. The summed E-state index contributed by atoms with van der Waals surface area (Å²) < 4.78 is 18.6. The van der Waals surface area contributed by atoms with Gasteiger partial charge in [0, 0.05) is 12.0 Å². The van der Waals surface area contributed by atoms with Crippen LogP contribution in [0.4, 0.5) is 4.39 Å². The molecule has 0 aromatic heterocycles. The minimum Gasteiger partial charge on any atom is -0.497 e. The smallest absolute Gasteiger partial charge is 0.130 e. The second-order valence-electron chi connectivity index (χ2n) is 3.99. The van der Waals surface area contributed by atoms with Gasteiger partial charge in [-0.25, -0.2) is 4.39 Å². The molecule has 0 heterocycles. The third-order valence-corrected chi connectivity index (χ3v) is 3.09. The molecule has 15 heavy (non-hydrogen) atoms. The Kier molecular flexibility index (Phi) is 2.91. The first-order valence-corrected chi connectivity index (χ1v) is 5.24. The molecule has 2 unspecified atom stereocenters. The molecule has 2 rings (SSSR count). The standard InChI is InChI=1S/C12H15FO2/c1-15-8-5-6-9(11(13)7-8)10-3-2-4-12(10)14/h5-7,10,12,14H,2-4H2,1H3. The number of methoxy groups -OCH3 is 1. The number of aliphatic hydroxyl groups excluding tert-OH is 1. The molecule has 82 valence electrons. The summed E-state index contributed by atoms with van der Waals surface area (Å²) in [5.41, 5.74) is 0.612. The van der Waals surface area contributed by atoms with Crippen molar-refractivity contribution in [3.05, 3.63) is 29.6 Å². The maximum absolute atomic E-state index is 13.7. The van der Waals surface area contributed by atoms with Gasteiger partial charge in [-0.15, -0.1) is 0 Å². The zero-order valence-electron chi connectivity index (χ0n) is 8.74.